The number of hydrogen-bond donors (Lipinski definition) is 3. The van der Waals surface area contributed by atoms with Crippen LogP contribution in [0.25, 0.3) is 20.7 Å². The van der Waals surface area contributed by atoms with Gasteiger partial charge in [0.2, 0.25) is 36.3 Å². The molecule has 24 heteroatoms. The van der Waals surface area contributed by atoms with Crippen molar-refractivity contribution in [3.63, 3.8) is 0 Å². The van der Waals surface area contributed by atoms with Gasteiger partial charge in [-0.3, -0.25) is 52.8 Å². The molecule has 3 aliphatic rings. The summed E-state index contributed by atoms with van der Waals surface area (Å²) in [4.78, 5) is 128. The van der Waals surface area contributed by atoms with E-state index in [1.54, 1.807) is 63.2 Å². The summed E-state index contributed by atoms with van der Waals surface area (Å²) < 4.78 is 53.6. The van der Waals surface area contributed by atoms with Crippen molar-refractivity contribution in [1.82, 2.24) is 30.3 Å². The van der Waals surface area contributed by atoms with Crippen molar-refractivity contribution in [3.05, 3.63) is 105 Å². The zero-order chi connectivity index (χ0) is 59.5. The minimum absolute atomic E-state index is 0.0284. The summed E-state index contributed by atoms with van der Waals surface area (Å²) in [7, 11) is -4.09. The summed E-state index contributed by atoms with van der Waals surface area (Å²) in [5.41, 5.74) is -4.12. The molecule has 7 amide bonds. The summed E-state index contributed by atoms with van der Waals surface area (Å²) in [5, 5.41) is 7.91. The predicted octanol–water partition coefficient (Wildman–Crippen LogP) is 8.43. The quantitative estimate of drug-likeness (QED) is 0.0187. The van der Waals surface area contributed by atoms with Gasteiger partial charge in [-0.2, -0.15) is 8.78 Å². The molecule has 0 spiro atoms. The Hall–Kier alpha value is -7.22. The molecule has 82 heavy (non-hydrogen) atoms. The van der Waals surface area contributed by atoms with Crippen LogP contribution in [-0.2, 0) is 54.8 Å². The molecule has 3 aromatic carbocycles. The molecule has 19 nitrogen and oxygen atoms in total. The van der Waals surface area contributed by atoms with Crippen molar-refractivity contribution in [1.29, 1.82) is 0 Å². The maximum atomic E-state index is 15.6. The largest absolute Gasteiger partial charge is 0.438 e. The number of thiazole rings is 1. The van der Waals surface area contributed by atoms with Crippen molar-refractivity contribution >= 4 is 93.4 Å². The molecule has 2 fully saturated rings. The third-order valence-electron chi connectivity index (χ3n) is 14.4. The lowest BCUT2D eigenvalue weighted by molar-refractivity contribution is -0.160. The monoisotopic (exact) mass is 1180 g/mol. The Balaban J connectivity index is 0.920. The Morgan fingerprint density at radius 2 is 1.73 bits per heavy atom. The molecule has 3 N–H and O–H groups in total. The van der Waals surface area contributed by atoms with Crippen LogP contribution in [0.5, 0.6) is 0 Å². The number of carbonyl (C=O) groups is 8. The van der Waals surface area contributed by atoms with Gasteiger partial charge >= 0.3 is 19.2 Å². The number of unbranched alkanes of at least 4 members (excludes halogenated alkanes) is 1. The van der Waals surface area contributed by atoms with Gasteiger partial charge in [0.25, 0.3) is 11.8 Å². The first-order chi connectivity index (χ1) is 38.7. The highest BCUT2D eigenvalue weighted by Crippen LogP contribution is 2.63. The van der Waals surface area contributed by atoms with E-state index < -0.39 is 84.2 Å². The van der Waals surface area contributed by atoms with Gasteiger partial charge in [0, 0.05) is 96.7 Å². The number of anilines is 1. The number of benzene rings is 3. The number of aromatic nitrogens is 1. The lowest BCUT2D eigenvalue weighted by atomic mass is 9.85. The van der Waals surface area contributed by atoms with Crippen LogP contribution in [0.1, 0.15) is 123 Å². The second-order valence-electron chi connectivity index (χ2n) is 22.4. The molecule has 5 heterocycles. The van der Waals surface area contributed by atoms with Gasteiger partial charge in [-0.1, -0.05) is 44.7 Å². The lowest BCUT2D eigenvalue weighted by Gasteiger charge is -2.36. The number of nitrogens with zero attached hydrogens (tertiary/aromatic N) is 5. The molecule has 2 saturated heterocycles. The van der Waals surface area contributed by atoms with Gasteiger partial charge in [0.05, 0.1) is 10.3 Å². The molecule has 5 aromatic rings. The van der Waals surface area contributed by atoms with E-state index in [4.69, 9.17) is 4.74 Å². The summed E-state index contributed by atoms with van der Waals surface area (Å²) >= 11 is 2.40. The Labute approximate surface area is 481 Å². The Morgan fingerprint density at radius 3 is 2.41 bits per heavy atom. The highest BCUT2D eigenvalue weighted by Gasteiger charge is 2.53. The van der Waals surface area contributed by atoms with Crippen LogP contribution in [0.15, 0.2) is 78.3 Å². The Bertz CT molecular complexity index is 3420. The highest BCUT2D eigenvalue weighted by atomic mass is 32.1. The number of rotatable bonds is 18. The number of imide groups is 1. The number of halogens is 2. The van der Waals surface area contributed by atoms with Crippen LogP contribution in [-0.4, -0.2) is 123 Å². The Kier molecular flexibility index (Phi) is 18.3. The predicted molar refractivity (Wildman–Crippen MR) is 303 cm³/mol. The fourth-order valence-corrected chi connectivity index (χ4v) is 12.2. The lowest BCUT2D eigenvalue weighted by Crippen LogP contribution is -2.58. The number of nitrogens with one attached hydrogen (secondary N) is 2. The topological polar surface area (TPSA) is 242 Å². The van der Waals surface area contributed by atoms with Crippen molar-refractivity contribution in [2.45, 2.75) is 117 Å². The average Bonchev–Trinajstić information content (AvgIpc) is 4.25. The molecule has 0 bridgehead atoms. The molecule has 0 saturated carbocycles. The summed E-state index contributed by atoms with van der Waals surface area (Å²) in [6.45, 7) is 9.31. The van der Waals surface area contributed by atoms with Gasteiger partial charge in [0.1, 0.15) is 23.1 Å². The third kappa shape index (κ3) is 13.5. The number of piperidine rings is 1. The molecule has 3 aliphatic heterocycles. The third-order valence-corrected chi connectivity index (χ3v) is 17.7. The van der Waals surface area contributed by atoms with Crippen LogP contribution in [0.3, 0.4) is 0 Å². The van der Waals surface area contributed by atoms with E-state index in [9.17, 15) is 47.8 Å². The summed E-state index contributed by atoms with van der Waals surface area (Å²) in [6.07, 6.45) is 3.73. The van der Waals surface area contributed by atoms with E-state index in [1.807, 2.05) is 23.6 Å². The van der Waals surface area contributed by atoms with Crippen LogP contribution in [0.4, 0.5) is 14.5 Å². The van der Waals surface area contributed by atoms with Gasteiger partial charge in [-0.05, 0) is 117 Å². The van der Waals surface area contributed by atoms with Gasteiger partial charge in [0.15, 0.2) is 0 Å². The zero-order valence-corrected chi connectivity index (χ0v) is 48.9. The number of carbonyl (C=O) groups excluding carboxylic acids is 8. The summed E-state index contributed by atoms with van der Waals surface area (Å²) in [5.74, 6) is 2.44. The average molecular weight is 1180 g/mol. The molecule has 434 valence electrons. The molecule has 4 atom stereocenters. The van der Waals surface area contributed by atoms with E-state index in [0.717, 1.165) is 34.0 Å². The zero-order valence-electron chi connectivity index (χ0n) is 46.4. The maximum absolute atomic E-state index is 15.6. The second kappa shape index (κ2) is 24.7. The second-order valence-corrected chi connectivity index (χ2v) is 26.2. The van der Waals surface area contributed by atoms with Crippen LogP contribution < -0.4 is 15.5 Å². The van der Waals surface area contributed by atoms with E-state index >= 15 is 8.78 Å². The first-order valence-corrected chi connectivity index (χ1v) is 29.9. The van der Waals surface area contributed by atoms with Gasteiger partial charge < -0.3 is 34.5 Å². The standard InChI is InChI=1S/C58H64F2N7O12PS2/c1-56(2,3)48(63-50(71)45-32-37-31-38(19-23-44(37)82-45)58(59,60)80(76,77)79-34-78-55(75)57(4,5)6)54(74)66-28-12-16-43(66)53(73)65(39-20-17-36(18-21-39)51-61-26-30-81-51)29-25-47(69)64(7)27-10-8-9-13-35-14-11-15-40-41(35)33-67(52(40)72)42-22-24-46(68)62-49(42)70/h11,14-15,17-21,23,26,30-32,42-43,48H,8,10,12,16,22,24-25,27-29,33-34H2,1-7H3,(H,63,71)(H,76,77)(H,62,68,70)/t42?,43-,48?/m0/s1. The van der Waals surface area contributed by atoms with Crippen LogP contribution in [0.2, 0.25) is 0 Å². The number of thiophene rings is 1. The van der Waals surface area contributed by atoms with E-state index in [1.165, 1.54) is 58.9 Å². The van der Waals surface area contributed by atoms with Crippen molar-refractivity contribution in [3.8, 4) is 22.4 Å². The maximum Gasteiger partial charge on any atom is 0.404 e. The van der Waals surface area contributed by atoms with Crippen molar-refractivity contribution in [2.24, 2.45) is 10.8 Å². The van der Waals surface area contributed by atoms with Crippen LogP contribution in [0, 0.1) is 22.7 Å². The molecule has 3 unspecified atom stereocenters. The number of alkyl halides is 2. The first kappa shape index (κ1) is 60.9. The first-order valence-electron chi connectivity index (χ1n) is 26.6. The fourth-order valence-electron chi connectivity index (χ4n) is 9.74. The summed E-state index contributed by atoms with van der Waals surface area (Å²) in [6, 6.07) is 14.0. The smallest absolute Gasteiger partial charge is 0.404 e. The number of amides is 7. The Morgan fingerprint density at radius 1 is 0.988 bits per heavy atom. The number of ether oxygens (including phenoxy) is 1. The number of fused-ring (bicyclic) bond motifs is 2. The van der Waals surface area contributed by atoms with Crippen molar-refractivity contribution in [2.75, 3.05) is 38.4 Å². The normalized spacial score (nSPS) is 17.6. The molecular formula is C58H64F2N7O12PS2. The SMILES string of the molecule is CN(CCCC#Cc1cccc2c1CN(C1CCC(=O)NC1=O)C2=O)C(=O)CCN(C(=O)[C@@H]1CCCN1C(=O)C(NC(=O)c1cc2cc(C(F)(F)P(=O)(O)OCOC(=O)C(C)(C)C)ccc2s1)C(C)(C)C)c1ccc(-c2nccs2)cc1. The molecule has 8 rings (SSSR count). The van der Waals surface area contributed by atoms with E-state index in [0.29, 0.717) is 59.3 Å². The minimum atomic E-state index is -5.76. The molecule has 2 aromatic heterocycles. The number of likely N-dealkylation sites (tertiary alicyclic amines) is 1. The molecule has 0 aliphatic carbocycles. The van der Waals surface area contributed by atoms with E-state index in [-0.39, 0.29) is 66.9 Å². The molecular weight excluding hydrogens is 1120 g/mol. The van der Waals surface area contributed by atoms with Gasteiger partial charge in [-0.15, -0.1) is 22.7 Å². The van der Waals surface area contributed by atoms with Gasteiger partial charge in [-0.25, -0.2) is 4.98 Å². The van der Waals surface area contributed by atoms with Crippen LogP contribution >= 0.6 is 30.3 Å². The van der Waals surface area contributed by atoms with Crippen molar-refractivity contribution < 1.29 is 65.9 Å². The minimum Gasteiger partial charge on any atom is -0.438 e. The highest BCUT2D eigenvalue weighted by molar-refractivity contribution is 7.53. The molecule has 0 radical (unpaired) electrons. The fraction of sp³-hybridized carbons (Fsp3) is 0.431. The van der Waals surface area contributed by atoms with E-state index in [2.05, 4.69) is 32.0 Å². The number of hydrogen-bond acceptors (Lipinski definition) is 14. The number of esters is 1.